The van der Waals surface area contributed by atoms with Crippen molar-refractivity contribution in [3.63, 3.8) is 0 Å². The van der Waals surface area contributed by atoms with E-state index in [9.17, 15) is 4.21 Å². The monoisotopic (exact) mass is 193 g/mol. The van der Waals surface area contributed by atoms with Gasteiger partial charge in [-0.2, -0.15) is 0 Å². The molecule has 0 radical (unpaired) electrons. The van der Waals surface area contributed by atoms with Gasteiger partial charge >= 0.3 is 0 Å². The molecule has 3 heteroatoms. The van der Waals surface area contributed by atoms with Gasteiger partial charge in [-0.25, -0.2) is 8.93 Å². The molecule has 0 aliphatic heterocycles. The lowest BCUT2D eigenvalue weighted by Crippen LogP contribution is -2.17. The van der Waals surface area contributed by atoms with Crippen LogP contribution in [-0.4, -0.2) is 10.8 Å². The van der Waals surface area contributed by atoms with Gasteiger partial charge < -0.3 is 0 Å². The van der Waals surface area contributed by atoms with Gasteiger partial charge in [0.05, 0.1) is 11.4 Å². The Balaban J connectivity index is 2.68. The Morgan fingerprint density at radius 3 is 2.62 bits per heavy atom. The van der Waals surface area contributed by atoms with Gasteiger partial charge in [0, 0.05) is 0 Å². The molecule has 0 heterocycles. The molecule has 0 aliphatic carbocycles. The zero-order chi connectivity index (χ0) is 9.68. The third kappa shape index (κ3) is 3.02. The highest BCUT2D eigenvalue weighted by atomic mass is 32.2. The minimum atomic E-state index is -1.18. The number of rotatable bonds is 3. The molecule has 1 atom stereocenters. The molecule has 0 aromatic heterocycles. The molecule has 0 spiro atoms. The van der Waals surface area contributed by atoms with Crippen LogP contribution >= 0.6 is 0 Å². The molecule has 2 nitrogen and oxygen atoms in total. The molecule has 0 fully saturated rings. The Bertz CT molecular complexity index is 337. The number of hydrogen-bond donors (Lipinski definition) is 1. The van der Waals surface area contributed by atoms with Crippen LogP contribution in [0.3, 0.4) is 0 Å². The first-order valence-corrected chi connectivity index (χ1v) is 5.04. The fourth-order valence-electron chi connectivity index (χ4n) is 0.852. The van der Waals surface area contributed by atoms with E-state index in [-0.39, 0.29) is 0 Å². The number of aryl methyl sites for hydroxylation is 1. The van der Waals surface area contributed by atoms with Crippen molar-refractivity contribution < 1.29 is 4.21 Å². The highest BCUT2D eigenvalue weighted by Crippen LogP contribution is 2.05. The van der Waals surface area contributed by atoms with Crippen molar-refractivity contribution in [2.45, 2.75) is 11.8 Å². The lowest BCUT2D eigenvalue weighted by Gasteiger charge is -2.01. The van der Waals surface area contributed by atoms with Gasteiger partial charge in [-0.05, 0) is 19.1 Å². The van der Waals surface area contributed by atoms with Crippen LogP contribution in [0.4, 0.5) is 0 Å². The minimum Gasteiger partial charge on any atom is -0.237 e. The van der Waals surface area contributed by atoms with E-state index in [1.54, 1.807) is 0 Å². The average molecular weight is 193 g/mol. The number of nitrogens with one attached hydrogen (secondary N) is 1. The van der Waals surface area contributed by atoms with Crippen LogP contribution < -0.4 is 4.72 Å². The van der Waals surface area contributed by atoms with Gasteiger partial charge in [0.15, 0.2) is 0 Å². The molecule has 1 N–H and O–H groups in total. The Morgan fingerprint density at radius 1 is 1.46 bits per heavy atom. The topological polar surface area (TPSA) is 29.1 Å². The molecule has 1 aromatic carbocycles. The summed E-state index contributed by atoms with van der Waals surface area (Å²) in [5.41, 5.74) is 1.15. The zero-order valence-electron chi connectivity index (χ0n) is 7.41. The predicted octanol–water partition coefficient (Wildman–Crippen LogP) is 1.24. The number of terminal acetylenes is 1. The first-order valence-electron chi connectivity index (χ1n) is 3.89. The third-order valence-corrected chi connectivity index (χ3v) is 2.65. The molecular formula is C10H11NOS. The van der Waals surface area contributed by atoms with E-state index in [1.165, 1.54) is 0 Å². The lowest BCUT2D eigenvalue weighted by molar-refractivity contribution is 0.676. The largest absolute Gasteiger partial charge is 0.237 e. The normalized spacial score (nSPS) is 12.0. The van der Waals surface area contributed by atoms with E-state index in [0.717, 1.165) is 10.5 Å². The summed E-state index contributed by atoms with van der Waals surface area (Å²) >= 11 is 0. The lowest BCUT2D eigenvalue weighted by atomic mass is 10.2. The van der Waals surface area contributed by atoms with E-state index >= 15 is 0 Å². The Kier molecular flexibility index (Phi) is 3.69. The van der Waals surface area contributed by atoms with E-state index in [2.05, 4.69) is 10.6 Å². The first kappa shape index (κ1) is 9.97. The van der Waals surface area contributed by atoms with E-state index in [1.807, 2.05) is 31.2 Å². The molecule has 1 aromatic rings. The molecule has 0 bridgehead atoms. The smallest absolute Gasteiger partial charge is 0.125 e. The number of benzene rings is 1. The van der Waals surface area contributed by atoms with Gasteiger partial charge in [0.25, 0.3) is 0 Å². The second kappa shape index (κ2) is 4.80. The summed E-state index contributed by atoms with van der Waals surface area (Å²) < 4.78 is 14.1. The van der Waals surface area contributed by atoms with Crippen molar-refractivity contribution in [1.29, 1.82) is 0 Å². The number of hydrogen-bond acceptors (Lipinski definition) is 1. The fourth-order valence-corrected chi connectivity index (χ4v) is 1.62. The van der Waals surface area contributed by atoms with Gasteiger partial charge in [-0.3, -0.25) is 0 Å². The standard InChI is InChI=1S/C10H11NOS/c1-3-8-11-13(12)10-6-4-9(2)5-7-10/h1,4-7,11H,8H2,2H3/t13-/m1/s1. The van der Waals surface area contributed by atoms with Crippen LogP contribution in [0.2, 0.25) is 0 Å². The van der Waals surface area contributed by atoms with Crippen LogP contribution in [0.15, 0.2) is 29.2 Å². The maximum Gasteiger partial charge on any atom is 0.125 e. The molecule has 1 rings (SSSR count). The highest BCUT2D eigenvalue weighted by molar-refractivity contribution is 7.83. The van der Waals surface area contributed by atoms with Crippen LogP contribution in [0.25, 0.3) is 0 Å². The van der Waals surface area contributed by atoms with Crippen LogP contribution in [0, 0.1) is 19.3 Å². The summed E-state index contributed by atoms with van der Waals surface area (Å²) in [6.07, 6.45) is 5.03. The summed E-state index contributed by atoms with van der Waals surface area (Å²) in [6, 6.07) is 7.50. The van der Waals surface area contributed by atoms with Crippen molar-refractivity contribution in [1.82, 2.24) is 4.72 Å². The zero-order valence-corrected chi connectivity index (χ0v) is 8.23. The molecule has 0 unspecified atom stereocenters. The Hall–Kier alpha value is -1.11. The summed E-state index contributed by atoms with van der Waals surface area (Å²) in [4.78, 5) is 0.751. The molecule has 68 valence electrons. The molecule has 0 saturated heterocycles. The van der Waals surface area contributed by atoms with E-state index in [0.29, 0.717) is 6.54 Å². The van der Waals surface area contributed by atoms with Crippen molar-refractivity contribution in [2.75, 3.05) is 6.54 Å². The SMILES string of the molecule is C#CCN[S@](=O)c1ccc(C)cc1. The quantitative estimate of drug-likeness (QED) is 0.719. The van der Waals surface area contributed by atoms with Crippen molar-refractivity contribution in [3.05, 3.63) is 29.8 Å². The fraction of sp³-hybridized carbons (Fsp3) is 0.200. The third-order valence-electron chi connectivity index (χ3n) is 1.54. The Morgan fingerprint density at radius 2 is 2.08 bits per heavy atom. The molecule has 13 heavy (non-hydrogen) atoms. The summed E-state index contributed by atoms with van der Waals surface area (Å²) in [7, 11) is -1.18. The van der Waals surface area contributed by atoms with Gasteiger partial charge in [0.1, 0.15) is 11.0 Å². The van der Waals surface area contributed by atoms with E-state index in [4.69, 9.17) is 6.42 Å². The van der Waals surface area contributed by atoms with Crippen molar-refractivity contribution >= 4 is 11.0 Å². The van der Waals surface area contributed by atoms with Crippen LogP contribution in [0.1, 0.15) is 5.56 Å². The van der Waals surface area contributed by atoms with Gasteiger partial charge in [-0.1, -0.05) is 23.6 Å². The predicted molar refractivity (Wildman–Crippen MR) is 54.4 cm³/mol. The van der Waals surface area contributed by atoms with Crippen molar-refractivity contribution in [2.24, 2.45) is 0 Å². The summed E-state index contributed by atoms with van der Waals surface area (Å²) in [5.74, 6) is 2.38. The van der Waals surface area contributed by atoms with Crippen LogP contribution in [0.5, 0.6) is 0 Å². The highest BCUT2D eigenvalue weighted by Gasteiger charge is 2.00. The van der Waals surface area contributed by atoms with Gasteiger partial charge in [0.2, 0.25) is 0 Å². The average Bonchev–Trinajstić information content (AvgIpc) is 2.15. The maximum atomic E-state index is 11.4. The molecule has 0 amide bonds. The maximum absolute atomic E-state index is 11.4. The summed E-state index contributed by atoms with van der Waals surface area (Å²) in [6.45, 7) is 2.31. The van der Waals surface area contributed by atoms with Gasteiger partial charge in [-0.15, -0.1) is 6.42 Å². The second-order valence-corrected chi connectivity index (χ2v) is 3.90. The van der Waals surface area contributed by atoms with E-state index < -0.39 is 11.0 Å². The summed E-state index contributed by atoms with van der Waals surface area (Å²) in [5, 5.41) is 0. The van der Waals surface area contributed by atoms with Crippen molar-refractivity contribution in [3.8, 4) is 12.3 Å². The molecule has 0 saturated carbocycles. The first-order chi connectivity index (χ1) is 6.24. The molecule has 0 aliphatic rings. The second-order valence-electron chi connectivity index (χ2n) is 2.61. The van der Waals surface area contributed by atoms with Crippen LogP contribution in [-0.2, 0) is 11.0 Å². The molecular weight excluding hydrogens is 182 g/mol. The minimum absolute atomic E-state index is 0.320. The Labute approximate surface area is 80.9 Å².